The van der Waals surface area contributed by atoms with Crippen LogP contribution in [0.25, 0.3) is 0 Å². The van der Waals surface area contributed by atoms with Crippen LogP contribution in [0.3, 0.4) is 0 Å². The molecule has 2 spiro atoms. The molecule has 0 aromatic carbocycles. The van der Waals surface area contributed by atoms with Gasteiger partial charge in [0, 0.05) is 5.41 Å². The molecule has 0 saturated heterocycles. The zero-order valence-corrected chi connectivity index (χ0v) is 22.2. The van der Waals surface area contributed by atoms with Crippen LogP contribution in [0, 0.1) is 50.7 Å². The molecule has 0 aromatic heterocycles. The van der Waals surface area contributed by atoms with Crippen LogP contribution in [0.1, 0.15) is 106 Å². The van der Waals surface area contributed by atoms with Crippen LogP contribution >= 0.6 is 0 Å². The Balaban J connectivity index is 1.41. The molecule has 33 heavy (non-hydrogen) atoms. The van der Waals surface area contributed by atoms with Gasteiger partial charge in [-0.05, 0) is 123 Å². The Morgan fingerprint density at radius 3 is 2.24 bits per heavy atom. The Morgan fingerprint density at radius 2 is 1.58 bits per heavy atom. The van der Waals surface area contributed by atoms with Gasteiger partial charge >= 0.3 is 0 Å². The summed E-state index contributed by atoms with van der Waals surface area (Å²) in [4.78, 5) is 0. The molecule has 5 aliphatic carbocycles. The molecule has 0 bridgehead atoms. The predicted octanol–water partition coefficient (Wildman–Crippen LogP) is 6.11. The maximum absolute atomic E-state index is 10.9. The molecule has 0 radical (unpaired) electrons. The van der Waals surface area contributed by atoms with E-state index >= 15 is 0 Å². The lowest BCUT2D eigenvalue weighted by Crippen LogP contribution is -2.59. The van der Waals surface area contributed by atoms with Crippen molar-refractivity contribution in [3.63, 3.8) is 0 Å². The average molecular weight is 459 g/mol. The van der Waals surface area contributed by atoms with E-state index in [1.54, 1.807) is 0 Å². The van der Waals surface area contributed by atoms with E-state index in [1.807, 2.05) is 6.08 Å². The van der Waals surface area contributed by atoms with Crippen LogP contribution in [0.4, 0.5) is 0 Å². The van der Waals surface area contributed by atoms with Gasteiger partial charge in [0.05, 0.1) is 18.8 Å². The van der Waals surface area contributed by atoms with E-state index in [-0.39, 0.29) is 24.2 Å². The number of rotatable bonds is 5. The Kier molecular flexibility index (Phi) is 5.57. The maximum atomic E-state index is 10.9. The van der Waals surface area contributed by atoms with Gasteiger partial charge in [-0.1, -0.05) is 39.3 Å². The molecule has 3 heteroatoms. The normalized spacial score (nSPS) is 54.3. The van der Waals surface area contributed by atoms with Crippen molar-refractivity contribution in [2.24, 2.45) is 50.7 Å². The molecule has 188 valence electrons. The topological polar surface area (TPSA) is 60.7 Å². The Hall–Kier alpha value is -0.380. The molecule has 5 rings (SSSR count). The Bertz CT molecular complexity index is 817. The van der Waals surface area contributed by atoms with E-state index in [4.69, 9.17) is 0 Å². The summed E-state index contributed by atoms with van der Waals surface area (Å²) in [5, 5.41) is 31.9. The van der Waals surface area contributed by atoms with Gasteiger partial charge in [0.1, 0.15) is 0 Å². The minimum Gasteiger partial charge on any atom is -0.396 e. The summed E-state index contributed by atoms with van der Waals surface area (Å²) in [7, 11) is 0. The van der Waals surface area contributed by atoms with Gasteiger partial charge in [0.25, 0.3) is 0 Å². The molecule has 0 heterocycles. The highest BCUT2D eigenvalue weighted by atomic mass is 16.3. The van der Waals surface area contributed by atoms with Gasteiger partial charge in [0.2, 0.25) is 0 Å². The van der Waals surface area contributed by atoms with Gasteiger partial charge in [-0.25, -0.2) is 0 Å². The van der Waals surface area contributed by atoms with Crippen molar-refractivity contribution in [1.29, 1.82) is 0 Å². The minimum absolute atomic E-state index is 0.129. The van der Waals surface area contributed by atoms with Gasteiger partial charge in [-0.2, -0.15) is 0 Å². The fourth-order valence-corrected chi connectivity index (χ4v) is 11.3. The van der Waals surface area contributed by atoms with Crippen LogP contribution < -0.4 is 0 Å². The maximum Gasteiger partial charge on any atom is 0.0726 e. The Morgan fingerprint density at radius 1 is 0.909 bits per heavy atom. The van der Waals surface area contributed by atoms with E-state index < -0.39 is 0 Å². The number of hydrogen-bond acceptors (Lipinski definition) is 3. The molecule has 0 aromatic rings. The molecule has 3 nitrogen and oxygen atoms in total. The van der Waals surface area contributed by atoms with Gasteiger partial charge in [0.15, 0.2) is 0 Å². The molecular formula is C30H50O3. The van der Waals surface area contributed by atoms with Gasteiger partial charge in [-0.15, -0.1) is 0 Å². The summed E-state index contributed by atoms with van der Waals surface area (Å²) in [6, 6.07) is 0. The molecule has 0 unspecified atom stereocenters. The SMILES string of the molecule is CC(C)=C[C@H](O)C[C@@H](C)[C@H]1CC[C@@]2(C)[C@@H]3CC[C@H]4[C@](C)(CO)[C@@H](O)CC[C@@]45C[C@@]35CC[C@]12C. The van der Waals surface area contributed by atoms with E-state index in [2.05, 4.69) is 41.5 Å². The van der Waals surface area contributed by atoms with Crippen LogP contribution in [0.2, 0.25) is 0 Å². The van der Waals surface area contributed by atoms with E-state index in [1.165, 1.54) is 56.9 Å². The fourth-order valence-electron chi connectivity index (χ4n) is 11.3. The largest absolute Gasteiger partial charge is 0.396 e. The van der Waals surface area contributed by atoms with Crippen molar-refractivity contribution in [3.8, 4) is 0 Å². The van der Waals surface area contributed by atoms with Crippen LogP contribution in [0.15, 0.2) is 11.6 Å². The summed E-state index contributed by atoms with van der Waals surface area (Å²) in [5.41, 5.74) is 2.47. The standard InChI is InChI=1S/C30H50O3/c1-19(2)15-21(32)16-20(3)22-9-11-28(6)24-8-7-23-26(4,18-31)25(33)10-12-29(23)17-30(24,29)14-13-27(22,28)5/h15,20-25,31-33H,7-14,16-18H2,1-6H3/t20-,21+,22-,23+,24+,25+,26+,27-,28+,29-,30+/m1/s1. The zero-order valence-electron chi connectivity index (χ0n) is 22.2. The minimum atomic E-state index is -0.347. The zero-order chi connectivity index (χ0) is 24.0. The molecule has 5 saturated carbocycles. The van der Waals surface area contributed by atoms with Crippen molar-refractivity contribution >= 4 is 0 Å². The molecular weight excluding hydrogens is 408 g/mol. The first-order valence-corrected chi connectivity index (χ1v) is 14.0. The fraction of sp³-hybridized carbons (Fsp3) is 0.933. The predicted molar refractivity (Wildman–Crippen MR) is 134 cm³/mol. The molecule has 5 aliphatic rings. The van der Waals surface area contributed by atoms with Crippen molar-refractivity contribution < 1.29 is 15.3 Å². The molecule has 5 fully saturated rings. The third-order valence-electron chi connectivity index (χ3n) is 13.1. The van der Waals surface area contributed by atoms with Crippen molar-refractivity contribution in [2.75, 3.05) is 6.61 Å². The summed E-state index contributed by atoms with van der Waals surface area (Å²) in [6.45, 7) is 14.1. The number of allylic oxidation sites excluding steroid dienone is 1. The molecule has 0 aliphatic heterocycles. The van der Waals surface area contributed by atoms with Crippen molar-refractivity contribution in [1.82, 2.24) is 0 Å². The quantitative estimate of drug-likeness (QED) is 0.435. The van der Waals surface area contributed by atoms with Gasteiger partial charge < -0.3 is 15.3 Å². The molecule has 11 atom stereocenters. The van der Waals surface area contributed by atoms with E-state index in [9.17, 15) is 15.3 Å². The third kappa shape index (κ3) is 2.97. The number of fused-ring (bicyclic) bond motifs is 2. The monoisotopic (exact) mass is 458 g/mol. The van der Waals surface area contributed by atoms with Crippen LogP contribution in [-0.2, 0) is 0 Å². The lowest BCUT2D eigenvalue weighted by Gasteiger charge is -2.63. The van der Waals surface area contributed by atoms with E-state index in [0.29, 0.717) is 39.4 Å². The lowest BCUT2D eigenvalue weighted by atomic mass is 9.41. The first kappa shape index (κ1) is 24.3. The summed E-state index contributed by atoms with van der Waals surface area (Å²) in [5.74, 6) is 2.52. The van der Waals surface area contributed by atoms with Crippen molar-refractivity contribution in [3.05, 3.63) is 11.6 Å². The summed E-state index contributed by atoms with van der Waals surface area (Å²) >= 11 is 0. The molecule has 0 amide bonds. The second-order valence-electron chi connectivity index (χ2n) is 14.4. The first-order valence-electron chi connectivity index (χ1n) is 14.0. The van der Waals surface area contributed by atoms with Crippen molar-refractivity contribution in [2.45, 2.75) is 118 Å². The summed E-state index contributed by atoms with van der Waals surface area (Å²) < 4.78 is 0. The number of aliphatic hydroxyl groups is 3. The first-order chi connectivity index (χ1) is 15.4. The number of aliphatic hydroxyl groups excluding tert-OH is 3. The highest BCUT2D eigenvalue weighted by molar-refractivity contribution is 5.30. The number of hydrogen-bond donors (Lipinski definition) is 3. The Labute approximate surface area is 202 Å². The second-order valence-corrected chi connectivity index (χ2v) is 14.4. The highest BCUT2D eigenvalue weighted by Crippen LogP contribution is 2.89. The van der Waals surface area contributed by atoms with Crippen LogP contribution in [0.5, 0.6) is 0 Å². The van der Waals surface area contributed by atoms with Crippen LogP contribution in [-0.4, -0.2) is 34.1 Å². The smallest absolute Gasteiger partial charge is 0.0726 e. The van der Waals surface area contributed by atoms with E-state index in [0.717, 1.165) is 18.8 Å². The lowest BCUT2D eigenvalue weighted by molar-refractivity contribution is -0.174. The average Bonchev–Trinajstić information content (AvgIpc) is 3.32. The molecule has 3 N–H and O–H groups in total. The highest BCUT2D eigenvalue weighted by Gasteiger charge is 2.82. The second kappa shape index (κ2) is 7.56. The van der Waals surface area contributed by atoms with Gasteiger partial charge in [-0.3, -0.25) is 0 Å². The third-order valence-corrected chi connectivity index (χ3v) is 13.1. The summed E-state index contributed by atoms with van der Waals surface area (Å²) in [6.07, 6.45) is 13.4.